The van der Waals surface area contributed by atoms with Crippen molar-refractivity contribution in [2.45, 2.75) is 23.0 Å². The van der Waals surface area contributed by atoms with Crippen LogP contribution in [0.5, 0.6) is 0 Å². The van der Waals surface area contributed by atoms with Crippen LogP contribution in [-0.4, -0.2) is 53.3 Å². The zero-order valence-corrected chi connectivity index (χ0v) is 16.2. The van der Waals surface area contributed by atoms with Gasteiger partial charge in [-0.25, -0.2) is 13.6 Å². The van der Waals surface area contributed by atoms with E-state index in [2.05, 4.69) is 25.9 Å². The van der Waals surface area contributed by atoms with Gasteiger partial charge in [-0.15, -0.1) is 10.2 Å². The summed E-state index contributed by atoms with van der Waals surface area (Å²) in [6, 6.07) is 11.5. The maximum atomic E-state index is 12.1. The van der Waals surface area contributed by atoms with Crippen LogP contribution in [-0.2, 0) is 15.6 Å². The van der Waals surface area contributed by atoms with Crippen LogP contribution >= 0.6 is 0 Å². The molecular formula is C18H21N7O3S. The number of sulfonamides is 1. The van der Waals surface area contributed by atoms with Gasteiger partial charge in [-0.05, 0) is 40.9 Å². The third kappa shape index (κ3) is 3.54. The molecule has 1 fully saturated rings. The molecule has 11 heteroatoms. The van der Waals surface area contributed by atoms with E-state index >= 15 is 0 Å². The minimum Gasteiger partial charge on any atom is -0.383 e. The minimum absolute atomic E-state index is 0.0977. The van der Waals surface area contributed by atoms with Gasteiger partial charge in [0, 0.05) is 6.54 Å². The van der Waals surface area contributed by atoms with Gasteiger partial charge in [-0.2, -0.15) is 5.21 Å². The quantitative estimate of drug-likeness (QED) is 0.386. The summed E-state index contributed by atoms with van der Waals surface area (Å²) in [4.78, 5) is -0.0977. The second-order valence-electron chi connectivity index (χ2n) is 7.02. The first kappa shape index (κ1) is 19.6. The molecule has 0 saturated carbocycles. The van der Waals surface area contributed by atoms with Crippen molar-refractivity contribution in [2.75, 3.05) is 13.1 Å². The fourth-order valence-electron chi connectivity index (χ4n) is 3.69. The average molecular weight is 415 g/mol. The summed E-state index contributed by atoms with van der Waals surface area (Å²) in [5, 5.41) is 33.3. The first-order valence-corrected chi connectivity index (χ1v) is 10.5. The van der Waals surface area contributed by atoms with Crippen molar-refractivity contribution < 1.29 is 13.5 Å². The lowest BCUT2D eigenvalue weighted by Gasteiger charge is -2.38. The van der Waals surface area contributed by atoms with Crippen LogP contribution < -0.4 is 16.2 Å². The molecular weight excluding hydrogens is 394 g/mol. The Bertz CT molecular complexity index is 1120. The van der Waals surface area contributed by atoms with Crippen molar-refractivity contribution in [3.05, 3.63) is 48.0 Å². The number of hydrogen-bond donors (Lipinski definition) is 5. The van der Waals surface area contributed by atoms with E-state index in [0.29, 0.717) is 36.2 Å². The van der Waals surface area contributed by atoms with Gasteiger partial charge in [0.1, 0.15) is 5.60 Å². The number of primary sulfonamides is 1. The highest BCUT2D eigenvalue weighted by Gasteiger charge is 2.38. The minimum atomic E-state index is -4.02. The molecule has 3 aromatic rings. The van der Waals surface area contributed by atoms with Crippen LogP contribution in [0.4, 0.5) is 0 Å². The van der Waals surface area contributed by atoms with Crippen molar-refractivity contribution in [3.63, 3.8) is 0 Å². The number of hydrogen-bond acceptors (Lipinski definition) is 8. The number of aromatic amines is 1. The van der Waals surface area contributed by atoms with Gasteiger partial charge in [0.15, 0.2) is 0 Å². The number of tetrazole rings is 1. The van der Waals surface area contributed by atoms with Crippen LogP contribution in [0.3, 0.4) is 0 Å². The van der Waals surface area contributed by atoms with Gasteiger partial charge < -0.3 is 16.2 Å². The third-order valence-corrected chi connectivity index (χ3v) is 6.21. The van der Waals surface area contributed by atoms with Gasteiger partial charge in [-0.1, -0.05) is 36.4 Å². The van der Waals surface area contributed by atoms with Gasteiger partial charge in [0.25, 0.3) is 0 Å². The zero-order valence-electron chi connectivity index (χ0n) is 15.4. The lowest BCUT2D eigenvalue weighted by Crippen LogP contribution is -2.56. The fraction of sp³-hybridized carbons (Fsp3) is 0.278. The lowest BCUT2D eigenvalue weighted by atomic mass is 9.81. The summed E-state index contributed by atoms with van der Waals surface area (Å²) >= 11 is 0. The average Bonchev–Trinajstić information content (AvgIpc) is 3.24. The molecule has 1 aliphatic heterocycles. The van der Waals surface area contributed by atoms with E-state index in [1.54, 1.807) is 36.4 Å². The molecule has 2 heterocycles. The molecule has 1 aromatic heterocycles. The molecule has 0 spiro atoms. The summed E-state index contributed by atoms with van der Waals surface area (Å²) in [5.41, 5.74) is 7.26. The number of piperidine rings is 1. The summed E-state index contributed by atoms with van der Waals surface area (Å²) in [7, 11) is -4.02. The number of aliphatic hydroxyl groups is 1. The van der Waals surface area contributed by atoms with E-state index < -0.39 is 21.7 Å². The summed E-state index contributed by atoms with van der Waals surface area (Å²) in [6.45, 7) is 1.20. The fourth-order valence-corrected chi connectivity index (χ4v) is 4.45. The van der Waals surface area contributed by atoms with E-state index in [9.17, 15) is 13.5 Å². The van der Waals surface area contributed by atoms with Crippen molar-refractivity contribution in [1.29, 1.82) is 0 Å². The van der Waals surface area contributed by atoms with Gasteiger partial charge in [0.2, 0.25) is 15.8 Å². The molecule has 4 rings (SSSR count). The molecule has 1 saturated heterocycles. The predicted octanol–water partition coefficient (Wildman–Crippen LogP) is -0.311. The number of H-pyrrole nitrogens is 1. The molecule has 0 bridgehead atoms. The predicted molar refractivity (Wildman–Crippen MR) is 106 cm³/mol. The molecule has 2 aromatic carbocycles. The van der Waals surface area contributed by atoms with Crippen molar-refractivity contribution in [1.82, 2.24) is 25.9 Å². The molecule has 7 N–H and O–H groups in total. The highest BCUT2D eigenvalue weighted by molar-refractivity contribution is 7.89. The monoisotopic (exact) mass is 415 g/mol. The van der Waals surface area contributed by atoms with Gasteiger partial charge >= 0.3 is 0 Å². The van der Waals surface area contributed by atoms with E-state index in [1.807, 2.05) is 0 Å². The molecule has 1 unspecified atom stereocenters. The largest absolute Gasteiger partial charge is 0.383 e. The Kier molecular flexibility index (Phi) is 4.92. The van der Waals surface area contributed by atoms with E-state index in [1.165, 1.54) is 6.07 Å². The van der Waals surface area contributed by atoms with Crippen LogP contribution in [0.1, 0.15) is 12.0 Å². The van der Waals surface area contributed by atoms with Crippen LogP contribution in [0.2, 0.25) is 0 Å². The number of nitrogens with zero attached hydrogens (tertiary/aromatic N) is 3. The molecule has 0 radical (unpaired) electrons. The van der Waals surface area contributed by atoms with Gasteiger partial charge in [0.05, 0.1) is 16.5 Å². The highest BCUT2D eigenvalue weighted by atomic mass is 32.2. The Morgan fingerprint density at radius 3 is 2.55 bits per heavy atom. The Hall–Kier alpha value is -2.70. The second kappa shape index (κ2) is 7.28. The number of nitrogens with one attached hydrogen (secondary N) is 2. The molecule has 10 nitrogen and oxygen atoms in total. The topological polar surface area (TPSA) is 173 Å². The highest BCUT2D eigenvalue weighted by Crippen LogP contribution is 2.36. The molecule has 2 atom stereocenters. The standard InChI is InChI=1S/C18H21N7O3S/c19-15-10-21-9-8-18(15,26)12-6-4-11(5-7-12)13-2-1-3-14(29(20,27)28)16(13)17-22-24-25-23-17/h1-7,15,21,26H,8-10,19H2,(H2,20,27,28)(H,22,23,24,25)/t15?,18-/m1/s1. The number of aromatic nitrogens is 4. The maximum absolute atomic E-state index is 12.1. The Morgan fingerprint density at radius 1 is 1.17 bits per heavy atom. The van der Waals surface area contributed by atoms with E-state index in [-0.39, 0.29) is 16.3 Å². The van der Waals surface area contributed by atoms with Crippen LogP contribution in [0.25, 0.3) is 22.5 Å². The summed E-state index contributed by atoms with van der Waals surface area (Å²) < 4.78 is 24.2. The first-order valence-electron chi connectivity index (χ1n) is 9.00. The molecule has 0 aliphatic carbocycles. The molecule has 0 amide bonds. The van der Waals surface area contributed by atoms with E-state index in [4.69, 9.17) is 10.9 Å². The second-order valence-corrected chi connectivity index (χ2v) is 8.55. The number of benzene rings is 2. The van der Waals surface area contributed by atoms with Crippen LogP contribution in [0.15, 0.2) is 47.4 Å². The Morgan fingerprint density at radius 2 is 1.93 bits per heavy atom. The Balaban J connectivity index is 1.82. The molecule has 1 aliphatic rings. The van der Waals surface area contributed by atoms with Crippen LogP contribution in [0, 0.1) is 0 Å². The number of nitrogens with two attached hydrogens (primary N) is 2. The van der Waals surface area contributed by atoms with Crippen molar-refractivity contribution in [3.8, 4) is 22.5 Å². The Labute approximate surface area is 167 Å². The smallest absolute Gasteiger partial charge is 0.238 e. The lowest BCUT2D eigenvalue weighted by molar-refractivity contribution is -0.0123. The zero-order chi connectivity index (χ0) is 20.6. The molecule has 152 valence electrons. The summed E-state index contributed by atoms with van der Waals surface area (Å²) in [5.74, 6) is 0.118. The normalized spacial score (nSPS) is 22.5. The summed E-state index contributed by atoms with van der Waals surface area (Å²) in [6.07, 6.45) is 0.503. The van der Waals surface area contributed by atoms with Crippen molar-refractivity contribution in [2.24, 2.45) is 10.9 Å². The number of rotatable bonds is 4. The third-order valence-electron chi connectivity index (χ3n) is 5.26. The van der Waals surface area contributed by atoms with Crippen molar-refractivity contribution >= 4 is 10.0 Å². The maximum Gasteiger partial charge on any atom is 0.238 e. The van der Waals surface area contributed by atoms with E-state index in [0.717, 1.165) is 0 Å². The SMILES string of the molecule is NC1CNCC[C@@]1(O)c1ccc(-c2cccc(S(N)(=O)=O)c2-c2nn[nH]n2)cc1. The first-order chi connectivity index (χ1) is 13.8. The molecule has 29 heavy (non-hydrogen) atoms. The van der Waals surface area contributed by atoms with Gasteiger partial charge in [-0.3, -0.25) is 0 Å².